The standard InChI is InChI=1S/C25H18FNO/c1-16(17-6-3-2-4-7-17)18-12-13-27-23(14-18)22-9-5-8-21-20-11-10-19(26)15-24(20)28-25(21)22/h2-16H,1H3/i16D. The Hall–Kier alpha value is -3.46. The molecule has 3 heteroatoms. The van der Waals surface area contributed by atoms with Gasteiger partial charge in [-0.15, -0.1) is 0 Å². The molecule has 0 saturated heterocycles. The third kappa shape index (κ3) is 2.76. The molecule has 0 saturated carbocycles. The Morgan fingerprint density at radius 1 is 0.893 bits per heavy atom. The van der Waals surface area contributed by atoms with Gasteiger partial charge >= 0.3 is 0 Å². The van der Waals surface area contributed by atoms with Gasteiger partial charge in [0, 0.05) is 35.9 Å². The first kappa shape index (κ1) is 15.6. The maximum absolute atomic E-state index is 13.6. The number of hydrogen-bond acceptors (Lipinski definition) is 2. The molecule has 2 nitrogen and oxygen atoms in total. The Balaban J connectivity index is 1.68. The fourth-order valence-electron chi connectivity index (χ4n) is 3.64. The number of para-hydroxylation sites is 1. The second-order valence-electron chi connectivity index (χ2n) is 6.85. The summed E-state index contributed by atoms with van der Waals surface area (Å²) in [5, 5.41) is 1.79. The zero-order valence-electron chi connectivity index (χ0n) is 16.3. The first-order valence-corrected chi connectivity index (χ1v) is 9.17. The van der Waals surface area contributed by atoms with Crippen LogP contribution in [-0.4, -0.2) is 4.98 Å². The number of fused-ring (bicyclic) bond motifs is 3. The first-order valence-electron chi connectivity index (χ1n) is 9.67. The van der Waals surface area contributed by atoms with Crippen LogP contribution >= 0.6 is 0 Å². The van der Waals surface area contributed by atoms with E-state index in [0.717, 1.165) is 33.2 Å². The minimum atomic E-state index is -0.913. The highest BCUT2D eigenvalue weighted by atomic mass is 19.1. The van der Waals surface area contributed by atoms with Crippen LogP contribution < -0.4 is 0 Å². The fraction of sp³-hybridized carbons (Fsp3) is 0.0800. The molecule has 28 heavy (non-hydrogen) atoms. The number of furan rings is 1. The zero-order chi connectivity index (χ0) is 20.0. The molecule has 0 aliphatic carbocycles. The lowest BCUT2D eigenvalue weighted by Crippen LogP contribution is -1.97. The Morgan fingerprint density at radius 2 is 1.75 bits per heavy atom. The Kier molecular flexibility index (Phi) is 3.68. The molecular weight excluding hydrogens is 349 g/mol. The van der Waals surface area contributed by atoms with Crippen LogP contribution in [0.4, 0.5) is 4.39 Å². The van der Waals surface area contributed by atoms with E-state index in [0.29, 0.717) is 11.2 Å². The summed E-state index contributed by atoms with van der Waals surface area (Å²) in [6.07, 6.45) is 1.72. The van der Waals surface area contributed by atoms with E-state index in [-0.39, 0.29) is 5.82 Å². The molecule has 0 spiro atoms. The molecule has 2 aromatic heterocycles. The normalized spacial score (nSPS) is 14.1. The van der Waals surface area contributed by atoms with Crippen molar-refractivity contribution < 1.29 is 10.2 Å². The van der Waals surface area contributed by atoms with Crippen molar-refractivity contribution in [3.8, 4) is 11.3 Å². The number of hydrogen-bond donors (Lipinski definition) is 0. The topological polar surface area (TPSA) is 26.0 Å². The third-order valence-corrected chi connectivity index (χ3v) is 5.14. The SMILES string of the molecule is [2H]C(C)(c1ccccc1)c1ccnc(-c2cccc3c2oc2cc(F)ccc23)c1. The van der Waals surface area contributed by atoms with Crippen molar-refractivity contribution in [3.63, 3.8) is 0 Å². The summed E-state index contributed by atoms with van der Waals surface area (Å²) in [5.41, 5.74) is 4.48. The van der Waals surface area contributed by atoms with Gasteiger partial charge in [0.1, 0.15) is 17.0 Å². The predicted octanol–water partition coefficient (Wildman–Crippen LogP) is 6.94. The molecule has 136 valence electrons. The van der Waals surface area contributed by atoms with E-state index in [4.69, 9.17) is 5.79 Å². The lowest BCUT2D eigenvalue weighted by atomic mass is 9.92. The second kappa shape index (κ2) is 6.61. The highest BCUT2D eigenvalue weighted by Crippen LogP contribution is 2.36. The average Bonchev–Trinajstić information content (AvgIpc) is 3.12. The maximum atomic E-state index is 13.6. The largest absolute Gasteiger partial charge is 0.455 e. The maximum Gasteiger partial charge on any atom is 0.144 e. The third-order valence-electron chi connectivity index (χ3n) is 5.14. The molecular formula is C25H18FNO. The monoisotopic (exact) mass is 368 g/mol. The van der Waals surface area contributed by atoms with E-state index >= 15 is 0 Å². The first-order chi connectivity index (χ1) is 14.0. The molecule has 1 atom stereocenters. The summed E-state index contributed by atoms with van der Waals surface area (Å²) in [7, 11) is 0. The Bertz CT molecular complexity index is 1340. The molecule has 5 rings (SSSR count). The highest BCUT2D eigenvalue weighted by molar-refractivity contribution is 6.09. The summed E-state index contributed by atoms with van der Waals surface area (Å²) in [6, 6.07) is 24.0. The van der Waals surface area contributed by atoms with Crippen LogP contribution in [0.5, 0.6) is 0 Å². The quantitative estimate of drug-likeness (QED) is 0.345. The summed E-state index contributed by atoms with van der Waals surface area (Å²) in [6.45, 7) is 1.88. The van der Waals surface area contributed by atoms with Crippen LogP contribution in [0.15, 0.2) is 89.5 Å². The Labute approximate surface area is 163 Å². The average molecular weight is 368 g/mol. The zero-order valence-corrected chi connectivity index (χ0v) is 15.3. The van der Waals surface area contributed by atoms with E-state index in [1.807, 2.05) is 67.6 Å². The molecule has 0 fully saturated rings. The van der Waals surface area contributed by atoms with Gasteiger partial charge in [-0.1, -0.05) is 49.4 Å². The molecule has 0 amide bonds. The molecule has 5 aromatic rings. The number of aromatic nitrogens is 1. The van der Waals surface area contributed by atoms with Gasteiger partial charge in [0.2, 0.25) is 0 Å². The van der Waals surface area contributed by atoms with Crippen LogP contribution in [0.1, 0.15) is 25.3 Å². The second-order valence-corrected chi connectivity index (χ2v) is 6.85. The van der Waals surface area contributed by atoms with Crippen molar-refractivity contribution in [3.05, 3.63) is 102 Å². The van der Waals surface area contributed by atoms with Gasteiger partial charge in [-0.3, -0.25) is 4.98 Å². The van der Waals surface area contributed by atoms with Gasteiger partial charge < -0.3 is 4.42 Å². The molecule has 0 radical (unpaired) electrons. The van der Waals surface area contributed by atoms with Crippen molar-refractivity contribution >= 4 is 21.9 Å². The molecule has 0 N–H and O–H groups in total. The number of nitrogens with zero attached hydrogens (tertiary/aromatic N) is 1. The van der Waals surface area contributed by atoms with Crippen LogP contribution in [0.25, 0.3) is 33.2 Å². The summed E-state index contributed by atoms with van der Waals surface area (Å²) in [4.78, 5) is 4.54. The molecule has 0 aliphatic heterocycles. The van der Waals surface area contributed by atoms with Gasteiger partial charge in [-0.25, -0.2) is 4.39 Å². The van der Waals surface area contributed by atoms with E-state index < -0.39 is 5.89 Å². The smallest absolute Gasteiger partial charge is 0.144 e. The van der Waals surface area contributed by atoms with Crippen molar-refractivity contribution in [2.75, 3.05) is 0 Å². The molecule has 3 aromatic carbocycles. The lowest BCUT2D eigenvalue weighted by molar-refractivity contribution is 0.618. The summed E-state index contributed by atoms with van der Waals surface area (Å²) < 4.78 is 28.6. The minimum absolute atomic E-state index is 0.328. The summed E-state index contributed by atoms with van der Waals surface area (Å²) in [5.74, 6) is -1.24. The molecule has 2 heterocycles. The van der Waals surface area contributed by atoms with E-state index in [1.54, 1.807) is 12.3 Å². The van der Waals surface area contributed by atoms with Crippen LogP contribution in [0.3, 0.4) is 0 Å². The molecule has 0 aliphatic rings. The van der Waals surface area contributed by atoms with E-state index in [9.17, 15) is 4.39 Å². The van der Waals surface area contributed by atoms with Gasteiger partial charge in [-0.05, 0) is 41.5 Å². The predicted molar refractivity (Wildman–Crippen MR) is 111 cm³/mol. The van der Waals surface area contributed by atoms with Crippen LogP contribution in [0, 0.1) is 5.82 Å². The number of pyridine rings is 1. The van der Waals surface area contributed by atoms with Crippen molar-refractivity contribution in [1.29, 1.82) is 0 Å². The van der Waals surface area contributed by atoms with Crippen molar-refractivity contribution in [2.24, 2.45) is 0 Å². The van der Waals surface area contributed by atoms with Gasteiger partial charge in [-0.2, -0.15) is 0 Å². The van der Waals surface area contributed by atoms with E-state index in [2.05, 4.69) is 4.98 Å². The molecule has 0 bridgehead atoms. The van der Waals surface area contributed by atoms with Gasteiger partial charge in [0.05, 0.1) is 5.69 Å². The molecule has 1 unspecified atom stereocenters. The van der Waals surface area contributed by atoms with Crippen molar-refractivity contribution in [1.82, 2.24) is 4.98 Å². The number of benzene rings is 3. The fourth-order valence-corrected chi connectivity index (χ4v) is 3.64. The van der Waals surface area contributed by atoms with Crippen molar-refractivity contribution in [2.45, 2.75) is 12.8 Å². The minimum Gasteiger partial charge on any atom is -0.455 e. The van der Waals surface area contributed by atoms with Crippen LogP contribution in [0.2, 0.25) is 0 Å². The number of rotatable bonds is 3. The van der Waals surface area contributed by atoms with Crippen LogP contribution in [-0.2, 0) is 0 Å². The lowest BCUT2D eigenvalue weighted by Gasteiger charge is -2.13. The summed E-state index contributed by atoms with van der Waals surface area (Å²) >= 11 is 0. The number of halogens is 1. The van der Waals surface area contributed by atoms with Gasteiger partial charge in [0.15, 0.2) is 0 Å². The Morgan fingerprint density at radius 3 is 2.61 bits per heavy atom. The van der Waals surface area contributed by atoms with Gasteiger partial charge in [0.25, 0.3) is 0 Å². The highest BCUT2D eigenvalue weighted by Gasteiger charge is 2.15. The van der Waals surface area contributed by atoms with E-state index in [1.165, 1.54) is 12.1 Å².